The van der Waals surface area contributed by atoms with Gasteiger partial charge in [0.05, 0.1) is 0 Å². The molecule has 2 aliphatic carbocycles. The lowest BCUT2D eigenvalue weighted by molar-refractivity contribution is 0.392. The Kier molecular flexibility index (Phi) is 6.43. The topological polar surface area (TPSA) is 52.6 Å². The third-order valence-corrected chi connectivity index (χ3v) is 7.10. The van der Waals surface area contributed by atoms with E-state index < -0.39 is 10.4 Å². The standard InChI is InChI=1S/C24H30O4S/c25-29(26,27-23-15-11-21(12-16-23)19-7-3-1-4-8-19)28-24-17-13-22(14-18-24)20-9-5-2-6-10-20/h11-20H,1-10H2. The fourth-order valence-corrected chi connectivity index (χ4v) is 5.44. The molecule has 0 bridgehead atoms. The van der Waals surface area contributed by atoms with Crippen molar-refractivity contribution in [1.82, 2.24) is 0 Å². The van der Waals surface area contributed by atoms with Crippen molar-refractivity contribution in [2.45, 2.75) is 76.0 Å². The highest BCUT2D eigenvalue weighted by Crippen LogP contribution is 2.34. The van der Waals surface area contributed by atoms with Gasteiger partial charge < -0.3 is 8.37 Å². The second kappa shape index (κ2) is 9.21. The van der Waals surface area contributed by atoms with Crippen molar-refractivity contribution in [2.75, 3.05) is 0 Å². The van der Waals surface area contributed by atoms with Crippen LogP contribution in [0.2, 0.25) is 0 Å². The Hall–Kier alpha value is -2.01. The second-order valence-electron chi connectivity index (χ2n) is 8.38. The van der Waals surface area contributed by atoms with Crippen LogP contribution in [0.3, 0.4) is 0 Å². The van der Waals surface area contributed by atoms with Gasteiger partial charge >= 0.3 is 10.4 Å². The summed E-state index contributed by atoms with van der Waals surface area (Å²) >= 11 is 0. The Morgan fingerprint density at radius 2 is 0.897 bits per heavy atom. The Bertz CT molecular complexity index is 806. The third-order valence-electron chi connectivity index (χ3n) is 6.31. The average Bonchev–Trinajstić information content (AvgIpc) is 2.75. The first kappa shape index (κ1) is 20.3. The van der Waals surface area contributed by atoms with Crippen molar-refractivity contribution in [2.24, 2.45) is 0 Å². The van der Waals surface area contributed by atoms with Crippen molar-refractivity contribution < 1.29 is 16.8 Å². The van der Waals surface area contributed by atoms with Crippen LogP contribution >= 0.6 is 0 Å². The molecule has 29 heavy (non-hydrogen) atoms. The summed E-state index contributed by atoms with van der Waals surface area (Å²) in [5.41, 5.74) is 2.52. The summed E-state index contributed by atoms with van der Waals surface area (Å²) in [5, 5.41) is 0. The van der Waals surface area contributed by atoms with Gasteiger partial charge in [-0.2, -0.15) is 0 Å². The number of benzene rings is 2. The van der Waals surface area contributed by atoms with Gasteiger partial charge in [0.1, 0.15) is 11.5 Å². The molecule has 0 radical (unpaired) electrons. The smallest absolute Gasteiger partial charge is 0.353 e. The molecule has 0 atom stereocenters. The molecular weight excluding hydrogens is 384 g/mol. The maximum absolute atomic E-state index is 12.3. The molecule has 5 heteroatoms. The van der Waals surface area contributed by atoms with Crippen molar-refractivity contribution >= 4 is 10.4 Å². The molecule has 0 N–H and O–H groups in total. The lowest BCUT2D eigenvalue weighted by Gasteiger charge is -2.22. The van der Waals surface area contributed by atoms with Gasteiger partial charge in [0.25, 0.3) is 0 Å². The highest BCUT2D eigenvalue weighted by Gasteiger charge is 2.19. The van der Waals surface area contributed by atoms with Crippen LogP contribution in [-0.4, -0.2) is 8.42 Å². The molecule has 0 aliphatic heterocycles. The van der Waals surface area contributed by atoms with Gasteiger partial charge in [-0.3, -0.25) is 0 Å². The Balaban J connectivity index is 1.36. The molecule has 156 valence electrons. The largest absolute Gasteiger partial charge is 0.500 e. The average molecular weight is 415 g/mol. The molecule has 0 heterocycles. The van der Waals surface area contributed by atoms with E-state index in [1.54, 1.807) is 24.3 Å². The van der Waals surface area contributed by atoms with Crippen molar-refractivity contribution in [1.29, 1.82) is 0 Å². The predicted octanol–water partition coefficient (Wildman–Crippen LogP) is 6.48. The first-order valence-electron chi connectivity index (χ1n) is 10.9. The first-order valence-corrected chi connectivity index (χ1v) is 12.3. The van der Waals surface area contributed by atoms with Crippen molar-refractivity contribution in [3.63, 3.8) is 0 Å². The molecule has 2 fully saturated rings. The van der Waals surface area contributed by atoms with Gasteiger partial charge in [0.2, 0.25) is 0 Å². The summed E-state index contributed by atoms with van der Waals surface area (Å²) in [6, 6.07) is 14.8. The van der Waals surface area contributed by atoms with Crippen LogP contribution in [-0.2, 0) is 10.4 Å². The van der Waals surface area contributed by atoms with E-state index in [9.17, 15) is 8.42 Å². The van der Waals surface area contributed by atoms with Crippen LogP contribution in [0, 0.1) is 0 Å². The minimum Gasteiger partial charge on any atom is -0.353 e. The van der Waals surface area contributed by atoms with Crippen molar-refractivity contribution in [3.8, 4) is 11.5 Å². The minimum atomic E-state index is -4.16. The highest BCUT2D eigenvalue weighted by molar-refractivity contribution is 7.82. The monoisotopic (exact) mass is 414 g/mol. The van der Waals surface area contributed by atoms with E-state index in [1.165, 1.54) is 75.3 Å². The van der Waals surface area contributed by atoms with E-state index in [-0.39, 0.29) is 11.5 Å². The lowest BCUT2D eigenvalue weighted by Crippen LogP contribution is -2.16. The number of hydrogen-bond acceptors (Lipinski definition) is 4. The van der Waals surface area contributed by atoms with Gasteiger partial charge in [-0.1, -0.05) is 62.8 Å². The van der Waals surface area contributed by atoms with Crippen LogP contribution < -0.4 is 8.37 Å². The summed E-state index contributed by atoms with van der Waals surface area (Å²) in [6.45, 7) is 0. The molecule has 2 aromatic rings. The molecule has 2 aliphatic rings. The SMILES string of the molecule is O=S(=O)(Oc1ccc(C2CCCCC2)cc1)Oc1ccc(C2CCCCC2)cc1. The first-order chi connectivity index (χ1) is 14.1. The minimum absolute atomic E-state index is 0.281. The van der Waals surface area contributed by atoms with Gasteiger partial charge in [-0.25, -0.2) is 0 Å². The lowest BCUT2D eigenvalue weighted by atomic mass is 9.84. The van der Waals surface area contributed by atoms with E-state index in [2.05, 4.69) is 0 Å². The summed E-state index contributed by atoms with van der Waals surface area (Å²) in [4.78, 5) is 0. The Morgan fingerprint density at radius 1 is 0.552 bits per heavy atom. The zero-order valence-corrected chi connectivity index (χ0v) is 17.7. The summed E-state index contributed by atoms with van der Waals surface area (Å²) in [5.74, 6) is 1.72. The number of rotatable bonds is 6. The van der Waals surface area contributed by atoms with Crippen LogP contribution in [0.25, 0.3) is 0 Å². The maximum atomic E-state index is 12.3. The number of hydrogen-bond donors (Lipinski definition) is 0. The van der Waals surface area contributed by atoms with Gasteiger partial charge in [-0.15, -0.1) is 8.42 Å². The van der Waals surface area contributed by atoms with Crippen LogP contribution in [0.1, 0.15) is 87.2 Å². The van der Waals surface area contributed by atoms with E-state index in [4.69, 9.17) is 8.37 Å². The quantitative estimate of drug-likeness (QED) is 0.542. The summed E-state index contributed by atoms with van der Waals surface area (Å²) in [7, 11) is -4.16. The van der Waals surface area contributed by atoms with Gasteiger partial charge in [0, 0.05) is 0 Å². The molecule has 0 saturated heterocycles. The van der Waals surface area contributed by atoms with E-state index in [0.29, 0.717) is 11.8 Å². The molecule has 4 rings (SSSR count). The third kappa shape index (κ3) is 5.53. The van der Waals surface area contributed by atoms with E-state index in [1.807, 2.05) is 24.3 Å². The molecule has 2 aromatic carbocycles. The Morgan fingerprint density at radius 3 is 1.24 bits per heavy atom. The predicted molar refractivity (Wildman–Crippen MR) is 115 cm³/mol. The Labute approximate surface area is 174 Å². The fraction of sp³-hybridized carbons (Fsp3) is 0.500. The van der Waals surface area contributed by atoms with E-state index >= 15 is 0 Å². The molecule has 4 nitrogen and oxygen atoms in total. The van der Waals surface area contributed by atoms with E-state index in [0.717, 1.165) is 0 Å². The van der Waals surface area contributed by atoms with Crippen LogP contribution in [0.5, 0.6) is 11.5 Å². The molecule has 0 unspecified atom stereocenters. The zero-order valence-electron chi connectivity index (χ0n) is 16.9. The fourth-order valence-electron chi connectivity index (χ4n) is 4.72. The van der Waals surface area contributed by atoms with Crippen molar-refractivity contribution in [3.05, 3.63) is 59.7 Å². The summed E-state index contributed by atoms with van der Waals surface area (Å²) < 4.78 is 34.9. The molecule has 0 aromatic heterocycles. The molecule has 0 amide bonds. The molecular formula is C24H30O4S. The van der Waals surface area contributed by atoms with Crippen LogP contribution in [0.15, 0.2) is 48.5 Å². The summed E-state index contributed by atoms with van der Waals surface area (Å²) in [6.07, 6.45) is 12.5. The maximum Gasteiger partial charge on any atom is 0.500 e. The second-order valence-corrected chi connectivity index (χ2v) is 9.53. The normalized spacial score (nSPS) is 19.0. The van der Waals surface area contributed by atoms with Crippen LogP contribution in [0.4, 0.5) is 0 Å². The molecule has 0 spiro atoms. The zero-order chi connectivity index (χ0) is 20.1. The molecule has 2 saturated carbocycles. The van der Waals surface area contributed by atoms with Gasteiger partial charge in [-0.05, 0) is 72.9 Å². The highest BCUT2D eigenvalue weighted by atomic mass is 32.3. The van der Waals surface area contributed by atoms with Gasteiger partial charge in [0.15, 0.2) is 0 Å².